The molecule has 0 radical (unpaired) electrons. The number of nitrogens with one attached hydrogen (secondary N) is 2. The Morgan fingerprint density at radius 1 is 1.20 bits per heavy atom. The first kappa shape index (κ1) is 14.8. The van der Waals surface area contributed by atoms with Gasteiger partial charge in [0, 0.05) is 12.1 Å². The van der Waals surface area contributed by atoms with Gasteiger partial charge in [0.05, 0.1) is 6.10 Å². The molecule has 2 rings (SSSR count). The van der Waals surface area contributed by atoms with Gasteiger partial charge in [-0.1, -0.05) is 6.92 Å². The minimum absolute atomic E-state index is 0.0450. The summed E-state index contributed by atoms with van der Waals surface area (Å²) >= 11 is 0. The predicted molar refractivity (Wildman–Crippen MR) is 80.3 cm³/mol. The molecule has 0 amide bonds. The lowest BCUT2D eigenvalue weighted by molar-refractivity contribution is 0.221. The van der Waals surface area contributed by atoms with Crippen LogP contribution < -0.4 is 15.4 Å². The number of anilines is 2. The minimum Gasteiger partial charge on any atom is -0.461 e. The Kier molecular flexibility index (Phi) is 4.62. The van der Waals surface area contributed by atoms with Crippen LogP contribution >= 0.6 is 0 Å². The van der Waals surface area contributed by atoms with Crippen molar-refractivity contribution < 1.29 is 4.74 Å². The van der Waals surface area contributed by atoms with Crippen LogP contribution in [-0.4, -0.2) is 33.1 Å². The van der Waals surface area contributed by atoms with Gasteiger partial charge in [-0.25, -0.2) is 0 Å². The van der Waals surface area contributed by atoms with Gasteiger partial charge >= 0.3 is 6.01 Å². The largest absolute Gasteiger partial charge is 0.461 e. The van der Waals surface area contributed by atoms with Gasteiger partial charge in [0.15, 0.2) is 0 Å². The molecule has 112 valence electrons. The van der Waals surface area contributed by atoms with E-state index >= 15 is 0 Å². The van der Waals surface area contributed by atoms with E-state index in [-0.39, 0.29) is 11.6 Å². The SMILES string of the molecule is CCCNc1nc(NC2(C)CCC2)nc(OC(C)C)n1. The smallest absolute Gasteiger partial charge is 0.323 e. The first-order valence-electron chi connectivity index (χ1n) is 7.45. The second kappa shape index (κ2) is 6.24. The molecule has 1 aromatic heterocycles. The summed E-state index contributed by atoms with van der Waals surface area (Å²) in [6.45, 7) is 9.06. The molecule has 0 spiro atoms. The van der Waals surface area contributed by atoms with Crippen molar-refractivity contribution >= 4 is 11.9 Å². The first-order valence-corrected chi connectivity index (χ1v) is 7.45. The maximum atomic E-state index is 5.60. The highest BCUT2D eigenvalue weighted by molar-refractivity contribution is 5.38. The van der Waals surface area contributed by atoms with Crippen LogP contribution in [0.15, 0.2) is 0 Å². The lowest BCUT2D eigenvalue weighted by Gasteiger charge is -2.39. The van der Waals surface area contributed by atoms with Crippen molar-refractivity contribution in [1.82, 2.24) is 15.0 Å². The average Bonchev–Trinajstić information content (AvgIpc) is 2.33. The molecule has 0 aliphatic heterocycles. The summed E-state index contributed by atoms with van der Waals surface area (Å²) < 4.78 is 5.60. The van der Waals surface area contributed by atoms with Crippen molar-refractivity contribution in [3.8, 4) is 6.01 Å². The van der Waals surface area contributed by atoms with Gasteiger partial charge in [-0.15, -0.1) is 0 Å². The normalized spacial score (nSPS) is 16.6. The quantitative estimate of drug-likeness (QED) is 0.799. The summed E-state index contributed by atoms with van der Waals surface area (Å²) in [5.74, 6) is 1.17. The highest BCUT2D eigenvalue weighted by Gasteiger charge is 2.32. The van der Waals surface area contributed by atoms with Gasteiger partial charge in [-0.3, -0.25) is 0 Å². The lowest BCUT2D eigenvalue weighted by atomic mass is 9.79. The minimum atomic E-state index is 0.0450. The Balaban J connectivity index is 2.15. The van der Waals surface area contributed by atoms with Crippen molar-refractivity contribution in [2.75, 3.05) is 17.2 Å². The Labute approximate surface area is 120 Å². The molecule has 20 heavy (non-hydrogen) atoms. The zero-order valence-corrected chi connectivity index (χ0v) is 12.9. The van der Waals surface area contributed by atoms with Crippen LogP contribution in [0.5, 0.6) is 6.01 Å². The number of aromatic nitrogens is 3. The fourth-order valence-electron chi connectivity index (χ4n) is 2.09. The molecule has 1 saturated carbocycles. The molecule has 0 saturated heterocycles. The topological polar surface area (TPSA) is 72.0 Å². The molecule has 1 heterocycles. The molecule has 6 heteroatoms. The van der Waals surface area contributed by atoms with E-state index in [2.05, 4.69) is 39.4 Å². The predicted octanol–water partition coefficient (Wildman–Crippen LogP) is 2.84. The van der Waals surface area contributed by atoms with Crippen molar-refractivity contribution in [3.05, 3.63) is 0 Å². The summed E-state index contributed by atoms with van der Waals surface area (Å²) in [5.41, 5.74) is 0.110. The van der Waals surface area contributed by atoms with E-state index in [1.807, 2.05) is 13.8 Å². The Bertz CT molecular complexity index is 445. The number of nitrogens with zero attached hydrogens (tertiary/aromatic N) is 3. The Hall–Kier alpha value is -1.59. The number of rotatable bonds is 7. The van der Waals surface area contributed by atoms with Gasteiger partial charge in [-0.2, -0.15) is 15.0 Å². The fraction of sp³-hybridized carbons (Fsp3) is 0.786. The van der Waals surface area contributed by atoms with Crippen molar-refractivity contribution in [2.45, 2.75) is 65.0 Å². The van der Waals surface area contributed by atoms with Gasteiger partial charge < -0.3 is 15.4 Å². The molecule has 1 aromatic rings. The molecule has 0 unspecified atom stereocenters. The number of ether oxygens (including phenoxy) is 1. The third-order valence-corrected chi connectivity index (χ3v) is 3.36. The van der Waals surface area contributed by atoms with E-state index in [0.717, 1.165) is 25.8 Å². The molecule has 2 N–H and O–H groups in total. The van der Waals surface area contributed by atoms with Gasteiger partial charge in [0.25, 0.3) is 0 Å². The first-order chi connectivity index (χ1) is 9.50. The highest BCUT2D eigenvalue weighted by Crippen LogP contribution is 2.34. The van der Waals surface area contributed by atoms with E-state index in [1.165, 1.54) is 6.42 Å². The zero-order valence-electron chi connectivity index (χ0n) is 12.9. The van der Waals surface area contributed by atoms with E-state index in [4.69, 9.17) is 4.74 Å². The maximum absolute atomic E-state index is 5.60. The monoisotopic (exact) mass is 279 g/mol. The van der Waals surface area contributed by atoms with Gasteiger partial charge in [0.2, 0.25) is 11.9 Å². The molecule has 1 aliphatic carbocycles. The maximum Gasteiger partial charge on any atom is 0.323 e. The molecular formula is C14H25N5O. The third kappa shape index (κ3) is 3.95. The van der Waals surface area contributed by atoms with E-state index in [1.54, 1.807) is 0 Å². The molecule has 1 fully saturated rings. The van der Waals surface area contributed by atoms with Crippen LogP contribution in [0.1, 0.15) is 53.4 Å². The van der Waals surface area contributed by atoms with Crippen molar-refractivity contribution in [1.29, 1.82) is 0 Å². The second-order valence-corrected chi connectivity index (χ2v) is 5.90. The third-order valence-electron chi connectivity index (χ3n) is 3.36. The summed E-state index contributed by atoms with van der Waals surface area (Å²) in [5, 5.41) is 6.59. The number of hydrogen-bond donors (Lipinski definition) is 2. The standard InChI is InChI=1S/C14H25N5O/c1-5-9-15-11-16-12(19-14(4)7-6-8-14)18-13(17-11)20-10(2)3/h10H,5-9H2,1-4H3,(H2,15,16,17,18,19). The number of hydrogen-bond acceptors (Lipinski definition) is 6. The van der Waals surface area contributed by atoms with Crippen molar-refractivity contribution in [2.24, 2.45) is 0 Å². The van der Waals surface area contributed by atoms with E-state index < -0.39 is 0 Å². The van der Waals surface area contributed by atoms with E-state index in [0.29, 0.717) is 17.9 Å². The van der Waals surface area contributed by atoms with Crippen LogP contribution in [0, 0.1) is 0 Å². The van der Waals surface area contributed by atoms with Crippen LogP contribution in [0.3, 0.4) is 0 Å². The van der Waals surface area contributed by atoms with Crippen LogP contribution in [0.25, 0.3) is 0 Å². The highest BCUT2D eigenvalue weighted by atomic mass is 16.5. The molecule has 0 aromatic carbocycles. The van der Waals surface area contributed by atoms with E-state index in [9.17, 15) is 0 Å². The molecule has 6 nitrogen and oxygen atoms in total. The Morgan fingerprint density at radius 3 is 2.45 bits per heavy atom. The zero-order chi connectivity index (χ0) is 14.6. The summed E-state index contributed by atoms with van der Waals surface area (Å²) in [6, 6.07) is 0.374. The molecule has 0 bridgehead atoms. The van der Waals surface area contributed by atoms with Crippen LogP contribution in [0.4, 0.5) is 11.9 Å². The molecule has 0 atom stereocenters. The van der Waals surface area contributed by atoms with Crippen molar-refractivity contribution in [3.63, 3.8) is 0 Å². The van der Waals surface area contributed by atoms with Crippen LogP contribution in [0.2, 0.25) is 0 Å². The Morgan fingerprint density at radius 2 is 1.90 bits per heavy atom. The van der Waals surface area contributed by atoms with Gasteiger partial charge in [0.1, 0.15) is 0 Å². The van der Waals surface area contributed by atoms with Crippen LogP contribution in [-0.2, 0) is 0 Å². The summed E-state index contributed by atoms with van der Waals surface area (Å²) in [7, 11) is 0. The molecular weight excluding hydrogens is 254 g/mol. The lowest BCUT2D eigenvalue weighted by Crippen LogP contribution is -2.42. The molecule has 1 aliphatic rings. The fourth-order valence-corrected chi connectivity index (χ4v) is 2.09. The van der Waals surface area contributed by atoms with Gasteiger partial charge in [-0.05, 0) is 46.5 Å². The summed E-state index contributed by atoms with van der Waals surface area (Å²) in [4.78, 5) is 13.1. The summed E-state index contributed by atoms with van der Waals surface area (Å²) in [6.07, 6.45) is 4.62. The average molecular weight is 279 g/mol. The second-order valence-electron chi connectivity index (χ2n) is 5.90.